The highest BCUT2D eigenvalue weighted by Crippen LogP contribution is 2.35. The summed E-state index contributed by atoms with van der Waals surface area (Å²) in [5, 5.41) is 13.8. The van der Waals surface area contributed by atoms with E-state index in [1.165, 1.54) is 12.1 Å². The lowest BCUT2D eigenvalue weighted by molar-refractivity contribution is -0.384. The van der Waals surface area contributed by atoms with Gasteiger partial charge in [0.25, 0.3) is 5.69 Å². The molecule has 0 atom stereocenters. The molecule has 0 amide bonds. The number of anilines is 1. The first-order valence-electron chi connectivity index (χ1n) is 6.60. The fourth-order valence-corrected chi connectivity index (χ4v) is 3.41. The lowest BCUT2D eigenvalue weighted by Gasteiger charge is -2.12. The number of halogens is 2. The fraction of sp³-hybridized carbons (Fsp3) is 0.200. The van der Waals surface area contributed by atoms with Gasteiger partial charge in [-0.05, 0) is 68.6 Å². The van der Waals surface area contributed by atoms with Crippen molar-refractivity contribution in [3.8, 4) is 5.75 Å². The monoisotopic (exact) mass is 428 g/mol. The average Bonchev–Trinajstić information content (AvgIpc) is 2.49. The van der Waals surface area contributed by atoms with E-state index in [4.69, 9.17) is 4.74 Å². The van der Waals surface area contributed by atoms with E-state index >= 15 is 0 Å². The molecule has 5 nitrogen and oxygen atoms in total. The lowest BCUT2D eigenvalue weighted by atomic mass is 10.2. The van der Waals surface area contributed by atoms with E-state index in [0.717, 1.165) is 25.9 Å². The van der Waals surface area contributed by atoms with Crippen LogP contribution in [0.4, 0.5) is 11.4 Å². The molecule has 2 rings (SSSR count). The molecule has 0 aliphatic heterocycles. The molecule has 0 aliphatic carbocycles. The van der Waals surface area contributed by atoms with E-state index in [1.807, 2.05) is 19.1 Å². The Balaban J connectivity index is 2.06. The molecule has 22 heavy (non-hydrogen) atoms. The van der Waals surface area contributed by atoms with Gasteiger partial charge < -0.3 is 10.1 Å². The highest BCUT2D eigenvalue weighted by Gasteiger charge is 2.09. The van der Waals surface area contributed by atoms with Crippen LogP contribution in [-0.4, -0.2) is 11.5 Å². The van der Waals surface area contributed by atoms with Gasteiger partial charge in [-0.2, -0.15) is 0 Å². The molecule has 116 valence electrons. The third-order valence-electron chi connectivity index (χ3n) is 2.92. The van der Waals surface area contributed by atoms with Gasteiger partial charge in [-0.1, -0.05) is 0 Å². The van der Waals surface area contributed by atoms with Crippen LogP contribution in [0.15, 0.2) is 45.3 Å². The largest absolute Gasteiger partial charge is 0.492 e. The summed E-state index contributed by atoms with van der Waals surface area (Å²) < 4.78 is 7.30. The van der Waals surface area contributed by atoms with Gasteiger partial charge in [0, 0.05) is 24.4 Å². The molecule has 0 aromatic heterocycles. The number of nitro groups is 1. The molecular formula is C15H14Br2N2O3. The van der Waals surface area contributed by atoms with Crippen molar-refractivity contribution in [2.75, 3.05) is 11.9 Å². The Bertz CT molecular complexity index is 652. The van der Waals surface area contributed by atoms with Crippen molar-refractivity contribution in [2.24, 2.45) is 0 Å². The van der Waals surface area contributed by atoms with E-state index in [0.29, 0.717) is 13.2 Å². The summed E-state index contributed by atoms with van der Waals surface area (Å²) in [6.45, 7) is 3.13. The molecule has 1 N–H and O–H groups in total. The maximum atomic E-state index is 10.6. The number of hydrogen-bond acceptors (Lipinski definition) is 4. The predicted octanol–water partition coefficient (Wildman–Crippen LogP) is 5.13. The maximum absolute atomic E-state index is 10.6. The molecule has 0 unspecified atom stereocenters. The summed E-state index contributed by atoms with van der Waals surface area (Å²) in [6, 6.07) is 10.3. The molecule has 0 saturated heterocycles. The second-order valence-electron chi connectivity index (χ2n) is 4.48. The summed E-state index contributed by atoms with van der Waals surface area (Å²) in [5.41, 5.74) is 1.96. The Morgan fingerprint density at radius 1 is 1.18 bits per heavy atom. The molecule has 2 aromatic rings. The summed E-state index contributed by atoms with van der Waals surface area (Å²) >= 11 is 6.99. The maximum Gasteiger partial charge on any atom is 0.269 e. The second kappa shape index (κ2) is 7.60. The first-order chi connectivity index (χ1) is 10.5. The van der Waals surface area contributed by atoms with Crippen molar-refractivity contribution in [1.29, 1.82) is 0 Å². The predicted molar refractivity (Wildman–Crippen MR) is 93.4 cm³/mol. The van der Waals surface area contributed by atoms with Crippen LogP contribution in [-0.2, 0) is 6.54 Å². The summed E-state index contributed by atoms with van der Waals surface area (Å²) in [7, 11) is 0. The van der Waals surface area contributed by atoms with Crippen molar-refractivity contribution in [3.05, 3.63) is 61.0 Å². The molecule has 0 radical (unpaired) electrons. The molecular weight excluding hydrogens is 416 g/mol. The summed E-state index contributed by atoms with van der Waals surface area (Å²) in [4.78, 5) is 10.2. The molecule has 0 fully saturated rings. The zero-order chi connectivity index (χ0) is 16.1. The minimum Gasteiger partial charge on any atom is -0.492 e. The number of rotatable bonds is 6. The second-order valence-corrected chi connectivity index (χ2v) is 6.19. The van der Waals surface area contributed by atoms with Crippen LogP contribution in [0, 0.1) is 10.1 Å². The van der Waals surface area contributed by atoms with E-state index in [-0.39, 0.29) is 5.69 Å². The van der Waals surface area contributed by atoms with Crippen LogP contribution >= 0.6 is 31.9 Å². The minimum absolute atomic E-state index is 0.0807. The number of benzene rings is 2. The number of non-ortho nitro benzene ring substituents is 1. The van der Waals surface area contributed by atoms with Gasteiger partial charge in [-0.25, -0.2) is 0 Å². The fourth-order valence-electron chi connectivity index (χ4n) is 1.90. The number of hydrogen-bond donors (Lipinski definition) is 1. The Kier molecular flexibility index (Phi) is 5.79. The first-order valence-corrected chi connectivity index (χ1v) is 8.19. The average molecular weight is 430 g/mol. The Labute approximate surface area is 145 Å². The normalized spacial score (nSPS) is 10.3. The lowest BCUT2D eigenvalue weighted by Crippen LogP contribution is -2.01. The zero-order valence-corrected chi connectivity index (χ0v) is 15.0. The Morgan fingerprint density at radius 2 is 1.77 bits per heavy atom. The van der Waals surface area contributed by atoms with E-state index in [1.54, 1.807) is 12.1 Å². The van der Waals surface area contributed by atoms with E-state index in [9.17, 15) is 10.1 Å². The number of ether oxygens (including phenoxy) is 1. The van der Waals surface area contributed by atoms with Crippen molar-refractivity contribution < 1.29 is 9.66 Å². The SMILES string of the molecule is CCOc1c(Br)cc(CNc2ccc([N+](=O)[O-])cc2)cc1Br. The number of nitro benzene ring substituents is 1. The molecule has 0 saturated carbocycles. The van der Waals surface area contributed by atoms with Gasteiger partial charge in [0.15, 0.2) is 0 Å². The topological polar surface area (TPSA) is 64.4 Å². The van der Waals surface area contributed by atoms with Crippen molar-refractivity contribution in [3.63, 3.8) is 0 Å². The van der Waals surface area contributed by atoms with Crippen LogP contribution in [0.25, 0.3) is 0 Å². The standard InChI is InChI=1S/C15H14Br2N2O3/c1-2-22-15-13(16)7-10(8-14(15)17)9-18-11-3-5-12(6-4-11)19(20)21/h3-8,18H,2,9H2,1H3. The Morgan fingerprint density at radius 3 is 2.27 bits per heavy atom. The van der Waals surface area contributed by atoms with Gasteiger partial charge in [-0.3, -0.25) is 10.1 Å². The van der Waals surface area contributed by atoms with E-state index in [2.05, 4.69) is 37.2 Å². The van der Waals surface area contributed by atoms with Crippen LogP contribution in [0.1, 0.15) is 12.5 Å². The molecule has 7 heteroatoms. The van der Waals surface area contributed by atoms with Gasteiger partial charge >= 0.3 is 0 Å². The molecule has 0 heterocycles. The van der Waals surface area contributed by atoms with Crippen LogP contribution in [0.3, 0.4) is 0 Å². The molecule has 0 aliphatic rings. The smallest absolute Gasteiger partial charge is 0.269 e. The third kappa shape index (κ3) is 4.20. The number of nitrogens with one attached hydrogen (secondary N) is 1. The number of nitrogens with zero attached hydrogens (tertiary/aromatic N) is 1. The van der Waals surface area contributed by atoms with Crippen molar-refractivity contribution in [2.45, 2.75) is 13.5 Å². The van der Waals surface area contributed by atoms with Gasteiger partial charge in [0.05, 0.1) is 20.5 Å². The highest BCUT2D eigenvalue weighted by molar-refractivity contribution is 9.11. The molecule has 0 spiro atoms. The van der Waals surface area contributed by atoms with Gasteiger partial charge in [0.1, 0.15) is 5.75 Å². The van der Waals surface area contributed by atoms with Gasteiger partial charge in [-0.15, -0.1) is 0 Å². The summed E-state index contributed by atoms with van der Waals surface area (Å²) in [6.07, 6.45) is 0. The van der Waals surface area contributed by atoms with Crippen LogP contribution < -0.4 is 10.1 Å². The molecule has 2 aromatic carbocycles. The highest BCUT2D eigenvalue weighted by atomic mass is 79.9. The Hall–Kier alpha value is -1.60. The van der Waals surface area contributed by atoms with Crippen molar-refractivity contribution >= 4 is 43.2 Å². The third-order valence-corrected chi connectivity index (χ3v) is 4.10. The van der Waals surface area contributed by atoms with Crippen LogP contribution in [0.5, 0.6) is 5.75 Å². The van der Waals surface area contributed by atoms with Gasteiger partial charge in [0.2, 0.25) is 0 Å². The molecule has 0 bridgehead atoms. The zero-order valence-electron chi connectivity index (χ0n) is 11.8. The first kappa shape index (κ1) is 16.8. The minimum atomic E-state index is -0.412. The van der Waals surface area contributed by atoms with Crippen LogP contribution in [0.2, 0.25) is 0 Å². The quantitative estimate of drug-likeness (QED) is 0.510. The van der Waals surface area contributed by atoms with Crippen molar-refractivity contribution in [1.82, 2.24) is 0 Å². The van der Waals surface area contributed by atoms with E-state index < -0.39 is 4.92 Å². The summed E-state index contributed by atoms with van der Waals surface area (Å²) in [5.74, 6) is 0.779.